The molecule has 1 aromatic heterocycles. The van der Waals surface area contributed by atoms with Crippen molar-refractivity contribution in [1.29, 1.82) is 0 Å². The fourth-order valence-corrected chi connectivity index (χ4v) is 3.67. The van der Waals surface area contributed by atoms with Crippen molar-refractivity contribution < 1.29 is 4.79 Å². The van der Waals surface area contributed by atoms with E-state index >= 15 is 0 Å². The molecule has 2 aromatic rings. The third-order valence-corrected chi connectivity index (χ3v) is 5.37. The lowest BCUT2D eigenvalue weighted by Gasteiger charge is -2.22. The van der Waals surface area contributed by atoms with Gasteiger partial charge in [-0.2, -0.15) is 0 Å². The van der Waals surface area contributed by atoms with Gasteiger partial charge in [0.05, 0.1) is 13.1 Å². The number of rotatable bonds is 10. The number of Topliss-reactive ketones (excluding diaryl/α,β-unsaturated/α-hetero) is 1. The van der Waals surface area contributed by atoms with Crippen LogP contribution in [0.4, 0.5) is 5.82 Å². The molecule has 1 aliphatic rings. The lowest BCUT2D eigenvalue weighted by molar-refractivity contribution is 0.0925. The van der Waals surface area contributed by atoms with Crippen LogP contribution in [0, 0.1) is 5.92 Å². The van der Waals surface area contributed by atoms with Gasteiger partial charge in [0.25, 0.3) is 5.56 Å². The molecule has 0 radical (unpaired) electrons. The summed E-state index contributed by atoms with van der Waals surface area (Å²) in [4.78, 5) is 40.9. The highest BCUT2D eigenvalue weighted by atomic mass is 16.2. The average Bonchev–Trinajstić information content (AvgIpc) is 3.50. The van der Waals surface area contributed by atoms with Gasteiger partial charge in [-0.3, -0.25) is 23.6 Å². The molecule has 1 aromatic carbocycles. The molecule has 0 atom stereocenters. The Hall–Kier alpha value is -2.67. The van der Waals surface area contributed by atoms with Crippen LogP contribution in [0.5, 0.6) is 0 Å². The number of nitrogens with zero attached hydrogens (tertiary/aromatic N) is 3. The molecule has 0 unspecified atom stereocenters. The van der Waals surface area contributed by atoms with Crippen LogP contribution in [0.15, 0.2) is 39.9 Å². The van der Waals surface area contributed by atoms with Gasteiger partial charge in [-0.05, 0) is 44.2 Å². The van der Waals surface area contributed by atoms with Crippen molar-refractivity contribution in [3.63, 3.8) is 0 Å². The van der Waals surface area contributed by atoms with Crippen molar-refractivity contribution in [1.82, 2.24) is 14.0 Å². The molecule has 7 heteroatoms. The Bertz CT molecular complexity index is 974. The Morgan fingerprint density at radius 2 is 1.83 bits per heavy atom. The zero-order valence-corrected chi connectivity index (χ0v) is 17.3. The van der Waals surface area contributed by atoms with Gasteiger partial charge in [-0.1, -0.05) is 37.3 Å². The summed E-state index contributed by atoms with van der Waals surface area (Å²) in [5.41, 5.74) is 5.96. The molecule has 0 aliphatic heterocycles. The number of nitrogen functional groups attached to an aromatic ring is 1. The molecule has 0 amide bonds. The van der Waals surface area contributed by atoms with Gasteiger partial charge in [0, 0.05) is 13.1 Å². The van der Waals surface area contributed by atoms with Crippen molar-refractivity contribution >= 4 is 11.6 Å². The molecule has 1 heterocycles. The SMILES string of the molecule is CCCN(CC(=O)c1c(N)n(Cc2ccccc2)c(=O)n(CC)c1=O)CC1CC1. The smallest absolute Gasteiger partial charge is 0.332 e. The minimum Gasteiger partial charge on any atom is -0.384 e. The molecule has 156 valence electrons. The summed E-state index contributed by atoms with van der Waals surface area (Å²) >= 11 is 0. The van der Waals surface area contributed by atoms with Crippen molar-refractivity contribution in [2.45, 2.75) is 46.2 Å². The first kappa shape index (κ1) is 21.0. The normalized spacial score (nSPS) is 13.8. The van der Waals surface area contributed by atoms with Gasteiger partial charge in [-0.25, -0.2) is 4.79 Å². The van der Waals surface area contributed by atoms with Crippen LogP contribution in [0.2, 0.25) is 0 Å². The van der Waals surface area contributed by atoms with Crippen LogP contribution in [0.25, 0.3) is 0 Å². The molecule has 0 bridgehead atoms. The maximum atomic E-state index is 13.1. The van der Waals surface area contributed by atoms with E-state index in [0.717, 1.165) is 29.6 Å². The fourth-order valence-electron chi connectivity index (χ4n) is 3.67. The van der Waals surface area contributed by atoms with E-state index in [4.69, 9.17) is 5.73 Å². The quantitative estimate of drug-likeness (QED) is 0.618. The molecule has 0 saturated heterocycles. The van der Waals surface area contributed by atoms with Crippen molar-refractivity contribution in [3.8, 4) is 0 Å². The summed E-state index contributed by atoms with van der Waals surface area (Å²) in [7, 11) is 0. The van der Waals surface area contributed by atoms with E-state index in [1.165, 1.54) is 17.4 Å². The first-order chi connectivity index (χ1) is 14.0. The fraction of sp³-hybridized carbons (Fsp3) is 0.500. The first-order valence-electron chi connectivity index (χ1n) is 10.4. The molecule has 7 nitrogen and oxygen atoms in total. The lowest BCUT2D eigenvalue weighted by atomic mass is 10.1. The zero-order chi connectivity index (χ0) is 21.0. The van der Waals surface area contributed by atoms with Crippen molar-refractivity contribution in [2.24, 2.45) is 5.92 Å². The van der Waals surface area contributed by atoms with Crippen LogP contribution < -0.4 is 17.0 Å². The third kappa shape index (κ3) is 4.85. The Balaban J connectivity index is 1.98. The number of benzene rings is 1. The molecule has 1 aliphatic carbocycles. The van der Waals surface area contributed by atoms with Crippen LogP contribution in [0.3, 0.4) is 0 Å². The highest BCUT2D eigenvalue weighted by Crippen LogP contribution is 2.29. The van der Waals surface area contributed by atoms with E-state index in [9.17, 15) is 14.4 Å². The third-order valence-electron chi connectivity index (χ3n) is 5.37. The predicted octanol–water partition coefficient (Wildman–Crippen LogP) is 1.97. The summed E-state index contributed by atoms with van der Waals surface area (Å²) in [5.74, 6) is 0.290. The van der Waals surface area contributed by atoms with E-state index < -0.39 is 11.2 Å². The minimum atomic E-state index is -0.591. The first-order valence-corrected chi connectivity index (χ1v) is 10.4. The Morgan fingerprint density at radius 3 is 2.41 bits per heavy atom. The van der Waals surface area contributed by atoms with E-state index in [1.54, 1.807) is 6.92 Å². The monoisotopic (exact) mass is 398 g/mol. The second-order valence-corrected chi connectivity index (χ2v) is 7.77. The van der Waals surface area contributed by atoms with Gasteiger partial charge in [0.1, 0.15) is 11.4 Å². The summed E-state index contributed by atoms with van der Waals surface area (Å²) in [6.45, 7) is 6.01. The Morgan fingerprint density at radius 1 is 1.14 bits per heavy atom. The zero-order valence-electron chi connectivity index (χ0n) is 17.3. The number of aromatic nitrogens is 2. The average molecular weight is 399 g/mol. The molecular formula is C22H30N4O3. The molecule has 2 N–H and O–H groups in total. The molecule has 29 heavy (non-hydrogen) atoms. The summed E-state index contributed by atoms with van der Waals surface area (Å²) in [5, 5.41) is 0. The maximum Gasteiger partial charge on any atom is 0.332 e. The summed E-state index contributed by atoms with van der Waals surface area (Å²) in [6, 6.07) is 9.40. The molecular weight excluding hydrogens is 368 g/mol. The highest BCUT2D eigenvalue weighted by Gasteiger charge is 2.27. The van der Waals surface area contributed by atoms with Gasteiger partial charge < -0.3 is 5.73 Å². The molecule has 1 saturated carbocycles. The Labute approximate surface area is 170 Å². The standard InChI is InChI=1S/C22H30N4O3/c1-3-12-24(13-17-10-11-17)15-18(27)19-20(23)26(14-16-8-6-5-7-9-16)22(29)25(4-2)21(19)28/h5-9,17H,3-4,10-15,23H2,1-2H3. The van der Waals surface area contributed by atoms with Gasteiger partial charge in [-0.15, -0.1) is 0 Å². The van der Waals surface area contributed by atoms with Gasteiger partial charge >= 0.3 is 5.69 Å². The van der Waals surface area contributed by atoms with Crippen LogP contribution in [-0.4, -0.2) is 39.5 Å². The molecule has 0 spiro atoms. The summed E-state index contributed by atoms with van der Waals surface area (Å²) in [6.07, 6.45) is 3.32. The van der Waals surface area contributed by atoms with Gasteiger partial charge in [0.15, 0.2) is 5.78 Å². The Kier molecular flexibility index (Phi) is 6.69. The van der Waals surface area contributed by atoms with Crippen LogP contribution in [0.1, 0.15) is 49.0 Å². The summed E-state index contributed by atoms with van der Waals surface area (Å²) < 4.78 is 2.43. The molecule has 1 fully saturated rings. The lowest BCUT2D eigenvalue weighted by Crippen LogP contribution is -2.45. The second kappa shape index (κ2) is 9.22. The largest absolute Gasteiger partial charge is 0.384 e. The topological polar surface area (TPSA) is 90.3 Å². The second-order valence-electron chi connectivity index (χ2n) is 7.77. The van der Waals surface area contributed by atoms with E-state index in [0.29, 0.717) is 5.92 Å². The van der Waals surface area contributed by atoms with Crippen LogP contribution in [-0.2, 0) is 13.1 Å². The van der Waals surface area contributed by atoms with E-state index in [2.05, 4.69) is 11.8 Å². The van der Waals surface area contributed by atoms with E-state index in [1.807, 2.05) is 30.3 Å². The number of hydrogen-bond donors (Lipinski definition) is 1. The van der Waals surface area contributed by atoms with Crippen molar-refractivity contribution in [2.75, 3.05) is 25.4 Å². The number of nitrogens with two attached hydrogens (primary N) is 1. The number of ketones is 1. The highest BCUT2D eigenvalue weighted by molar-refractivity contribution is 6.01. The number of carbonyl (C=O) groups excluding carboxylic acids is 1. The van der Waals surface area contributed by atoms with Crippen molar-refractivity contribution in [3.05, 3.63) is 62.3 Å². The van der Waals surface area contributed by atoms with Crippen LogP contribution >= 0.6 is 0 Å². The van der Waals surface area contributed by atoms with E-state index in [-0.39, 0.29) is 36.8 Å². The number of anilines is 1. The minimum absolute atomic E-state index is 0.0403. The van der Waals surface area contributed by atoms with Gasteiger partial charge in [0.2, 0.25) is 0 Å². The number of carbonyl (C=O) groups is 1. The molecule has 3 rings (SSSR count). The number of hydrogen-bond acceptors (Lipinski definition) is 5. The maximum absolute atomic E-state index is 13.1. The predicted molar refractivity (Wildman–Crippen MR) is 114 cm³/mol.